The zero-order valence-electron chi connectivity index (χ0n) is 17.0. The fraction of sp³-hybridized carbons (Fsp3) is 0.250. The zero-order chi connectivity index (χ0) is 21.2. The van der Waals surface area contributed by atoms with E-state index in [4.69, 9.17) is 4.98 Å². The number of pyridine rings is 1. The van der Waals surface area contributed by atoms with Gasteiger partial charge in [-0.25, -0.2) is 9.97 Å². The minimum absolute atomic E-state index is 0.168. The van der Waals surface area contributed by atoms with E-state index in [0.717, 1.165) is 36.1 Å². The summed E-state index contributed by atoms with van der Waals surface area (Å²) in [6.07, 6.45) is 7.90. The monoisotopic (exact) mass is 427 g/mol. The van der Waals surface area contributed by atoms with E-state index in [0.29, 0.717) is 27.6 Å². The van der Waals surface area contributed by atoms with Gasteiger partial charge in [0.1, 0.15) is 22.5 Å². The average molecular weight is 428 g/mol. The predicted molar refractivity (Wildman–Crippen MR) is 125 cm³/mol. The van der Waals surface area contributed by atoms with Crippen LogP contribution in [0.4, 0.5) is 5.82 Å². The van der Waals surface area contributed by atoms with Gasteiger partial charge in [0.25, 0.3) is 5.56 Å². The van der Waals surface area contributed by atoms with E-state index >= 15 is 0 Å². The van der Waals surface area contributed by atoms with E-state index in [-0.39, 0.29) is 5.56 Å². The standard InChI is InChI=1S/C24H21N5OS/c25-16-17(23-26-19-9-3-4-10-20(19)31-23)15-18-22(28-12-6-1-2-7-13-28)27-21-11-5-8-14-29(21)24(18)30/h3-5,8-11,14-15H,1-2,6-7,12-13H2. The van der Waals surface area contributed by atoms with Crippen LogP contribution in [0, 0.1) is 11.3 Å². The van der Waals surface area contributed by atoms with Crippen LogP contribution in [0.2, 0.25) is 0 Å². The lowest BCUT2D eigenvalue weighted by Crippen LogP contribution is -2.30. The van der Waals surface area contributed by atoms with Crippen molar-refractivity contribution < 1.29 is 0 Å². The smallest absolute Gasteiger partial charge is 0.267 e. The summed E-state index contributed by atoms with van der Waals surface area (Å²) in [5, 5.41) is 10.5. The van der Waals surface area contributed by atoms with Crippen molar-refractivity contribution >= 4 is 44.7 Å². The second kappa shape index (κ2) is 8.32. The van der Waals surface area contributed by atoms with Crippen molar-refractivity contribution in [2.24, 2.45) is 0 Å². The van der Waals surface area contributed by atoms with Gasteiger partial charge < -0.3 is 4.90 Å². The Balaban J connectivity index is 1.71. The number of nitrogens with zero attached hydrogens (tertiary/aromatic N) is 5. The summed E-state index contributed by atoms with van der Waals surface area (Å²) >= 11 is 1.46. The molecule has 0 N–H and O–H groups in total. The number of anilines is 1. The van der Waals surface area contributed by atoms with Crippen molar-refractivity contribution in [3.63, 3.8) is 0 Å². The summed E-state index contributed by atoms with van der Waals surface area (Å²) in [5.41, 5.74) is 2.12. The molecule has 1 aliphatic rings. The molecular formula is C24H21N5OS. The van der Waals surface area contributed by atoms with Gasteiger partial charge in [-0.1, -0.05) is 31.0 Å². The summed E-state index contributed by atoms with van der Waals surface area (Å²) in [6.45, 7) is 1.72. The van der Waals surface area contributed by atoms with Crippen LogP contribution in [0.5, 0.6) is 0 Å². The number of fused-ring (bicyclic) bond motifs is 2. The first kappa shape index (κ1) is 19.5. The lowest BCUT2D eigenvalue weighted by Gasteiger charge is -2.23. The van der Waals surface area contributed by atoms with Gasteiger partial charge in [-0.2, -0.15) is 5.26 Å². The van der Waals surface area contributed by atoms with Crippen LogP contribution in [0.25, 0.3) is 27.5 Å². The Hall–Kier alpha value is -3.50. The number of para-hydroxylation sites is 1. The normalized spacial score (nSPS) is 15.2. The van der Waals surface area contributed by atoms with Gasteiger partial charge in [0, 0.05) is 19.3 Å². The van der Waals surface area contributed by atoms with Gasteiger partial charge in [-0.05, 0) is 43.2 Å². The Morgan fingerprint density at radius 2 is 1.81 bits per heavy atom. The summed E-state index contributed by atoms with van der Waals surface area (Å²) in [5.74, 6) is 0.659. The largest absolute Gasteiger partial charge is 0.356 e. The van der Waals surface area contributed by atoms with E-state index in [2.05, 4.69) is 16.0 Å². The molecule has 0 saturated carbocycles. The highest BCUT2D eigenvalue weighted by molar-refractivity contribution is 7.19. The molecule has 4 heterocycles. The molecule has 0 atom stereocenters. The number of rotatable bonds is 3. The Labute approximate surface area is 183 Å². The summed E-state index contributed by atoms with van der Waals surface area (Å²) < 4.78 is 2.56. The number of hydrogen-bond donors (Lipinski definition) is 0. The highest BCUT2D eigenvalue weighted by Crippen LogP contribution is 2.29. The highest BCUT2D eigenvalue weighted by atomic mass is 32.1. The van der Waals surface area contributed by atoms with Gasteiger partial charge in [0.2, 0.25) is 0 Å². The predicted octanol–water partition coefficient (Wildman–Crippen LogP) is 4.75. The molecule has 1 aromatic carbocycles. The Bertz CT molecular complexity index is 1350. The maximum absolute atomic E-state index is 13.5. The van der Waals surface area contributed by atoms with Crippen LogP contribution in [-0.4, -0.2) is 27.5 Å². The van der Waals surface area contributed by atoms with E-state index < -0.39 is 0 Å². The Kier molecular flexibility index (Phi) is 5.23. The van der Waals surface area contributed by atoms with Crippen LogP contribution in [0.3, 0.4) is 0 Å². The van der Waals surface area contributed by atoms with Crippen LogP contribution < -0.4 is 10.5 Å². The van der Waals surface area contributed by atoms with E-state index in [9.17, 15) is 10.1 Å². The molecule has 1 saturated heterocycles. The van der Waals surface area contributed by atoms with Gasteiger partial charge in [-0.15, -0.1) is 11.3 Å². The third-order valence-electron chi connectivity index (χ3n) is 5.59. The molecule has 31 heavy (non-hydrogen) atoms. The Morgan fingerprint density at radius 3 is 2.58 bits per heavy atom. The first-order valence-corrected chi connectivity index (χ1v) is 11.3. The van der Waals surface area contributed by atoms with Crippen molar-refractivity contribution in [3.05, 3.63) is 69.6 Å². The number of hydrogen-bond acceptors (Lipinski definition) is 6. The second-order valence-electron chi connectivity index (χ2n) is 7.64. The molecule has 0 bridgehead atoms. The lowest BCUT2D eigenvalue weighted by molar-refractivity contribution is 0.726. The molecule has 0 radical (unpaired) electrons. The number of allylic oxidation sites excluding steroid dienone is 1. The van der Waals surface area contributed by atoms with Crippen LogP contribution >= 0.6 is 11.3 Å². The quantitative estimate of drug-likeness (QED) is 0.441. The van der Waals surface area contributed by atoms with Gasteiger partial charge in [0.05, 0.1) is 21.4 Å². The molecule has 0 unspecified atom stereocenters. The van der Waals surface area contributed by atoms with E-state index in [1.165, 1.54) is 24.2 Å². The maximum Gasteiger partial charge on any atom is 0.267 e. The van der Waals surface area contributed by atoms with Crippen LogP contribution in [0.15, 0.2) is 53.5 Å². The van der Waals surface area contributed by atoms with Crippen LogP contribution in [-0.2, 0) is 0 Å². The van der Waals surface area contributed by atoms with Crippen molar-refractivity contribution in [1.82, 2.24) is 14.4 Å². The first-order valence-electron chi connectivity index (χ1n) is 10.5. The fourth-order valence-electron chi connectivity index (χ4n) is 4.01. The van der Waals surface area contributed by atoms with E-state index in [1.54, 1.807) is 16.7 Å². The summed E-state index contributed by atoms with van der Waals surface area (Å²) in [6, 6.07) is 15.6. The Morgan fingerprint density at radius 1 is 1.03 bits per heavy atom. The molecule has 7 heteroatoms. The molecule has 6 nitrogen and oxygen atoms in total. The fourth-order valence-corrected chi connectivity index (χ4v) is 4.95. The van der Waals surface area contributed by atoms with Crippen molar-refractivity contribution in [1.29, 1.82) is 5.26 Å². The minimum atomic E-state index is -0.168. The minimum Gasteiger partial charge on any atom is -0.356 e. The molecule has 0 spiro atoms. The van der Waals surface area contributed by atoms with Gasteiger partial charge in [0.15, 0.2) is 0 Å². The third kappa shape index (κ3) is 3.71. The third-order valence-corrected chi connectivity index (χ3v) is 6.66. The maximum atomic E-state index is 13.5. The molecular weight excluding hydrogens is 406 g/mol. The second-order valence-corrected chi connectivity index (χ2v) is 8.67. The number of aromatic nitrogens is 3. The topological polar surface area (TPSA) is 74.3 Å². The first-order chi connectivity index (χ1) is 15.2. The zero-order valence-corrected chi connectivity index (χ0v) is 17.8. The highest BCUT2D eigenvalue weighted by Gasteiger charge is 2.20. The van der Waals surface area contributed by atoms with Gasteiger partial charge in [-0.3, -0.25) is 9.20 Å². The molecule has 1 aliphatic heterocycles. The molecule has 5 rings (SSSR count). The molecule has 0 aliphatic carbocycles. The van der Waals surface area contributed by atoms with Crippen molar-refractivity contribution in [3.8, 4) is 6.07 Å². The van der Waals surface area contributed by atoms with Crippen LogP contribution in [0.1, 0.15) is 36.3 Å². The molecule has 154 valence electrons. The SMILES string of the molecule is N#CC(=Cc1c(N2CCCCCC2)nc2ccccn2c1=O)c1nc2ccccc2s1. The summed E-state index contributed by atoms with van der Waals surface area (Å²) in [4.78, 5) is 25.1. The van der Waals surface area contributed by atoms with E-state index in [1.807, 2.05) is 42.5 Å². The molecule has 0 amide bonds. The van der Waals surface area contributed by atoms with Crippen molar-refractivity contribution in [2.75, 3.05) is 18.0 Å². The molecule has 3 aromatic heterocycles. The average Bonchev–Trinajstić information content (AvgIpc) is 3.04. The lowest BCUT2D eigenvalue weighted by atomic mass is 10.1. The van der Waals surface area contributed by atoms with Gasteiger partial charge >= 0.3 is 0 Å². The number of nitriles is 1. The number of benzene rings is 1. The van der Waals surface area contributed by atoms with Crippen molar-refractivity contribution in [2.45, 2.75) is 25.7 Å². The summed E-state index contributed by atoms with van der Waals surface area (Å²) in [7, 11) is 0. The molecule has 1 fully saturated rings. The number of thiazole rings is 1. The molecule has 4 aromatic rings.